The van der Waals surface area contributed by atoms with Crippen molar-refractivity contribution in [3.63, 3.8) is 0 Å². The summed E-state index contributed by atoms with van der Waals surface area (Å²) in [6.45, 7) is 8.89. The Morgan fingerprint density at radius 3 is 2.07 bits per heavy atom. The zero-order valence-corrected chi connectivity index (χ0v) is 18.4. The summed E-state index contributed by atoms with van der Waals surface area (Å²) >= 11 is 0. The van der Waals surface area contributed by atoms with Gasteiger partial charge < -0.3 is 5.32 Å². The zero-order valence-electron chi connectivity index (χ0n) is 18.4. The number of nitrogens with one attached hydrogen (secondary N) is 1. The standard InChI is InChI=1S/C25H43NO/c1-5-8-10-18-23(19-13-12-17-22(7-3)16-9-6-2)25(27)26-24-20-14-11-15-21(24)4/h11,14-15,20,22-23H,5-10,12-13,16-19H2,1-4H3,(H,26,27). The Balaban J connectivity index is 2.50. The van der Waals surface area contributed by atoms with Crippen LogP contribution in [-0.2, 0) is 4.79 Å². The SMILES string of the molecule is CCCCCC(CCCCC(CC)CCCC)C(=O)Nc1ccccc1C. The summed E-state index contributed by atoms with van der Waals surface area (Å²) in [6, 6.07) is 8.08. The minimum absolute atomic E-state index is 0.159. The van der Waals surface area contributed by atoms with Crippen LogP contribution in [-0.4, -0.2) is 5.91 Å². The average Bonchev–Trinajstić information content (AvgIpc) is 2.67. The summed E-state index contributed by atoms with van der Waals surface area (Å²) in [6.07, 6.45) is 14.8. The minimum Gasteiger partial charge on any atom is -0.326 e. The third-order valence-electron chi connectivity index (χ3n) is 5.89. The second-order valence-corrected chi connectivity index (χ2v) is 8.20. The molecule has 27 heavy (non-hydrogen) atoms. The molecule has 1 rings (SSSR count). The van der Waals surface area contributed by atoms with Crippen molar-refractivity contribution in [1.82, 2.24) is 0 Å². The van der Waals surface area contributed by atoms with E-state index in [2.05, 4.69) is 39.1 Å². The van der Waals surface area contributed by atoms with Crippen LogP contribution in [0, 0.1) is 18.8 Å². The Morgan fingerprint density at radius 1 is 0.852 bits per heavy atom. The number of carbonyl (C=O) groups is 1. The summed E-state index contributed by atoms with van der Waals surface area (Å²) in [7, 11) is 0. The third-order valence-corrected chi connectivity index (χ3v) is 5.89. The Hall–Kier alpha value is -1.31. The average molecular weight is 374 g/mol. The first-order chi connectivity index (χ1) is 13.1. The topological polar surface area (TPSA) is 29.1 Å². The molecular formula is C25H43NO. The maximum absolute atomic E-state index is 12.9. The van der Waals surface area contributed by atoms with E-state index in [-0.39, 0.29) is 11.8 Å². The molecule has 1 N–H and O–H groups in total. The quantitative estimate of drug-likeness (QED) is 0.311. The van der Waals surface area contributed by atoms with E-state index >= 15 is 0 Å². The highest BCUT2D eigenvalue weighted by Crippen LogP contribution is 2.24. The molecule has 0 heterocycles. The largest absolute Gasteiger partial charge is 0.326 e. The third kappa shape index (κ3) is 9.98. The number of hydrogen-bond acceptors (Lipinski definition) is 1. The highest BCUT2D eigenvalue weighted by molar-refractivity contribution is 5.93. The summed E-state index contributed by atoms with van der Waals surface area (Å²) in [5.74, 6) is 1.26. The van der Waals surface area contributed by atoms with Crippen LogP contribution >= 0.6 is 0 Å². The summed E-state index contributed by atoms with van der Waals surface area (Å²) in [5, 5.41) is 3.19. The molecule has 0 bridgehead atoms. The lowest BCUT2D eigenvalue weighted by Gasteiger charge is -2.19. The second kappa shape index (κ2) is 14.7. The first-order valence-corrected chi connectivity index (χ1v) is 11.5. The highest BCUT2D eigenvalue weighted by Gasteiger charge is 2.18. The van der Waals surface area contributed by atoms with E-state index in [9.17, 15) is 4.79 Å². The molecule has 0 saturated heterocycles. The van der Waals surface area contributed by atoms with Crippen LogP contribution in [0.5, 0.6) is 0 Å². The number of rotatable bonds is 15. The van der Waals surface area contributed by atoms with Crippen molar-refractivity contribution in [2.75, 3.05) is 5.32 Å². The van der Waals surface area contributed by atoms with Gasteiger partial charge in [-0.05, 0) is 37.3 Å². The van der Waals surface area contributed by atoms with Crippen LogP contribution in [0.15, 0.2) is 24.3 Å². The van der Waals surface area contributed by atoms with Gasteiger partial charge >= 0.3 is 0 Å². The number of carbonyl (C=O) groups excluding carboxylic acids is 1. The lowest BCUT2D eigenvalue weighted by atomic mass is 9.90. The molecule has 0 spiro atoms. The fourth-order valence-electron chi connectivity index (χ4n) is 3.86. The van der Waals surface area contributed by atoms with E-state index in [1.807, 2.05) is 18.2 Å². The normalized spacial score (nSPS) is 13.3. The van der Waals surface area contributed by atoms with Crippen LogP contribution in [0.1, 0.15) is 103 Å². The predicted octanol–water partition coefficient (Wildman–Crippen LogP) is 7.91. The predicted molar refractivity (Wildman–Crippen MR) is 119 cm³/mol. The van der Waals surface area contributed by atoms with E-state index in [4.69, 9.17) is 0 Å². The number of anilines is 1. The van der Waals surface area contributed by atoms with Gasteiger partial charge in [0.15, 0.2) is 0 Å². The number of para-hydroxylation sites is 1. The Labute approximate surface area is 168 Å². The van der Waals surface area contributed by atoms with E-state index in [1.54, 1.807) is 0 Å². The summed E-state index contributed by atoms with van der Waals surface area (Å²) in [5.41, 5.74) is 2.11. The molecule has 2 atom stereocenters. The molecule has 2 nitrogen and oxygen atoms in total. The molecule has 0 aromatic heterocycles. The molecule has 0 aliphatic heterocycles. The molecule has 1 aromatic rings. The van der Waals surface area contributed by atoms with Crippen molar-refractivity contribution in [1.29, 1.82) is 0 Å². The highest BCUT2D eigenvalue weighted by atomic mass is 16.1. The lowest BCUT2D eigenvalue weighted by molar-refractivity contribution is -0.120. The summed E-state index contributed by atoms with van der Waals surface area (Å²) < 4.78 is 0. The Kier molecular flexibility index (Phi) is 12.9. The molecule has 0 fully saturated rings. The molecule has 154 valence electrons. The maximum Gasteiger partial charge on any atom is 0.227 e. The van der Waals surface area contributed by atoms with Crippen LogP contribution in [0.25, 0.3) is 0 Å². The molecule has 0 aliphatic rings. The molecule has 0 aliphatic carbocycles. The second-order valence-electron chi connectivity index (χ2n) is 8.20. The van der Waals surface area contributed by atoms with Crippen LogP contribution < -0.4 is 5.32 Å². The molecule has 1 amide bonds. The number of amides is 1. The molecule has 2 unspecified atom stereocenters. The van der Waals surface area contributed by atoms with Crippen molar-refractivity contribution in [3.05, 3.63) is 29.8 Å². The van der Waals surface area contributed by atoms with Gasteiger partial charge in [0, 0.05) is 11.6 Å². The molecular weight excluding hydrogens is 330 g/mol. The van der Waals surface area contributed by atoms with Gasteiger partial charge in [0.05, 0.1) is 0 Å². The fourth-order valence-corrected chi connectivity index (χ4v) is 3.86. The van der Waals surface area contributed by atoms with E-state index in [0.29, 0.717) is 0 Å². The number of aryl methyl sites for hydroxylation is 1. The zero-order chi connectivity index (χ0) is 19.9. The van der Waals surface area contributed by atoms with Gasteiger partial charge in [-0.25, -0.2) is 0 Å². The van der Waals surface area contributed by atoms with Crippen LogP contribution in [0.4, 0.5) is 5.69 Å². The minimum atomic E-state index is 0.159. The number of hydrogen-bond donors (Lipinski definition) is 1. The van der Waals surface area contributed by atoms with E-state index < -0.39 is 0 Å². The molecule has 0 saturated carbocycles. The Bertz CT molecular complexity index is 511. The van der Waals surface area contributed by atoms with Crippen LogP contribution in [0.2, 0.25) is 0 Å². The van der Waals surface area contributed by atoms with Crippen molar-refractivity contribution in [3.8, 4) is 0 Å². The van der Waals surface area contributed by atoms with Crippen LogP contribution in [0.3, 0.4) is 0 Å². The van der Waals surface area contributed by atoms with Gasteiger partial charge in [-0.3, -0.25) is 4.79 Å². The Morgan fingerprint density at radius 2 is 1.44 bits per heavy atom. The first kappa shape index (κ1) is 23.7. The van der Waals surface area contributed by atoms with Gasteiger partial charge in [-0.2, -0.15) is 0 Å². The number of benzene rings is 1. The lowest BCUT2D eigenvalue weighted by Crippen LogP contribution is -2.23. The monoisotopic (exact) mass is 373 g/mol. The maximum atomic E-state index is 12.9. The summed E-state index contributed by atoms with van der Waals surface area (Å²) in [4.78, 5) is 12.9. The first-order valence-electron chi connectivity index (χ1n) is 11.5. The smallest absolute Gasteiger partial charge is 0.227 e. The van der Waals surface area contributed by atoms with Gasteiger partial charge in [-0.15, -0.1) is 0 Å². The van der Waals surface area contributed by atoms with E-state index in [1.165, 1.54) is 57.8 Å². The van der Waals surface area contributed by atoms with E-state index in [0.717, 1.165) is 36.4 Å². The van der Waals surface area contributed by atoms with Crippen molar-refractivity contribution in [2.45, 2.75) is 105 Å². The number of unbranched alkanes of at least 4 members (excludes halogenated alkanes) is 4. The van der Waals surface area contributed by atoms with Gasteiger partial charge in [0.25, 0.3) is 0 Å². The molecule has 1 aromatic carbocycles. The van der Waals surface area contributed by atoms with Gasteiger partial charge in [0.2, 0.25) is 5.91 Å². The fraction of sp³-hybridized carbons (Fsp3) is 0.720. The van der Waals surface area contributed by atoms with Crippen molar-refractivity contribution < 1.29 is 4.79 Å². The van der Waals surface area contributed by atoms with Crippen molar-refractivity contribution in [2.24, 2.45) is 11.8 Å². The molecule has 2 heteroatoms. The van der Waals surface area contributed by atoms with Gasteiger partial charge in [0.1, 0.15) is 0 Å². The van der Waals surface area contributed by atoms with Gasteiger partial charge in [-0.1, -0.05) is 103 Å². The van der Waals surface area contributed by atoms with Crippen molar-refractivity contribution >= 4 is 11.6 Å². The molecule has 0 radical (unpaired) electrons.